The molecule has 0 fully saturated rings. The number of hydrogen-bond donors (Lipinski definition) is 0. The summed E-state index contributed by atoms with van der Waals surface area (Å²) in [4.78, 5) is 49.6. The molecule has 1 heterocycles. The maximum Gasteiger partial charge on any atom is 0.326 e. The van der Waals surface area contributed by atoms with E-state index < -0.39 is 17.8 Å². The summed E-state index contributed by atoms with van der Waals surface area (Å²) in [7, 11) is 0. The molecule has 0 aliphatic carbocycles. The van der Waals surface area contributed by atoms with Crippen LogP contribution < -0.4 is 9.64 Å². The number of ether oxygens (including phenoxy) is 3. The van der Waals surface area contributed by atoms with Gasteiger partial charge in [0.15, 0.2) is 12.4 Å². The van der Waals surface area contributed by atoms with E-state index in [1.54, 1.807) is 19.1 Å². The van der Waals surface area contributed by atoms with Gasteiger partial charge in [0.05, 0.1) is 25.3 Å². The minimum Gasteiger partial charge on any atom is -0.482 e. The van der Waals surface area contributed by atoms with Gasteiger partial charge in [-0.15, -0.1) is 0 Å². The summed E-state index contributed by atoms with van der Waals surface area (Å²) in [5, 5.41) is 0. The average molecular weight is 405 g/mol. The van der Waals surface area contributed by atoms with Gasteiger partial charge in [0.25, 0.3) is 5.91 Å². The summed E-state index contributed by atoms with van der Waals surface area (Å²) in [6, 6.07) is 4.65. The summed E-state index contributed by atoms with van der Waals surface area (Å²) in [5.74, 6) is -0.819. The van der Waals surface area contributed by atoms with Crippen molar-refractivity contribution in [1.29, 1.82) is 0 Å². The van der Waals surface area contributed by atoms with Crippen LogP contribution in [0.2, 0.25) is 0 Å². The second-order valence-electron chi connectivity index (χ2n) is 7.08. The lowest BCUT2D eigenvalue weighted by molar-refractivity contribution is -0.144. The Hall–Kier alpha value is -2.90. The molecule has 0 bridgehead atoms. The van der Waals surface area contributed by atoms with Gasteiger partial charge >= 0.3 is 11.9 Å². The van der Waals surface area contributed by atoms with Crippen LogP contribution in [0, 0.1) is 5.92 Å². The first-order chi connectivity index (χ1) is 13.8. The number of Topliss-reactive ketones (excluding diaryl/α,β-unsaturated/α-hetero) is 1. The highest BCUT2D eigenvalue weighted by atomic mass is 16.5. The Kier molecular flexibility index (Phi) is 8.18. The molecule has 1 aliphatic heterocycles. The monoisotopic (exact) mass is 405 g/mol. The molecule has 2 rings (SSSR count). The summed E-state index contributed by atoms with van der Waals surface area (Å²) in [6.07, 6.45) is 0.702. The van der Waals surface area contributed by atoms with Crippen LogP contribution in [0.5, 0.6) is 5.75 Å². The summed E-state index contributed by atoms with van der Waals surface area (Å²) >= 11 is 0. The van der Waals surface area contributed by atoms with Crippen molar-refractivity contribution in [3.05, 3.63) is 23.8 Å². The number of rotatable bonds is 10. The van der Waals surface area contributed by atoms with Crippen molar-refractivity contribution in [2.24, 2.45) is 5.92 Å². The van der Waals surface area contributed by atoms with Crippen LogP contribution in [-0.2, 0) is 23.9 Å². The molecule has 8 heteroatoms. The van der Waals surface area contributed by atoms with Crippen molar-refractivity contribution in [3.8, 4) is 5.75 Å². The van der Waals surface area contributed by atoms with Gasteiger partial charge in [-0.25, -0.2) is 0 Å². The summed E-state index contributed by atoms with van der Waals surface area (Å²) < 4.78 is 15.4. The van der Waals surface area contributed by atoms with Gasteiger partial charge in [-0.3, -0.25) is 24.1 Å². The van der Waals surface area contributed by atoms with Gasteiger partial charge < -0.3 is 14.2 Å². The van der Waals surface area contributed by atoms with Crippen LogP contribution in [0.4, 0.5) is 5.69 Å². The van der Waals surface area contributed by atoms with Crippen LogP contribution in [0.1, 0.15) is 50.4 Å². The molecule has 1 aromatic rings. The van der Waals surface area contributed by atoms with E-state index in [4.69, 9.17) is 14.2 Å². The normalized spacial score (nSPS) is 13.0. The van der Waals surface area contributed by atoms with E-state index in [1.165, 1.54) is 11.0 Å². The van der Waals surface area contributed by atoms with Crippen molar-refractivity contribution in [3.63, 3.8) is 0 Å². The van der Waals surface area contributed by atoms with E-state index in [9.17, 15) is 19.2 Å². The fourth-order valence-electron chi connectivity index (χ4n) is 2.73. The second kappa shape index (κ2) is 10.6. The van der Waals surface area contributed by atoms with E-state index >= 15 is 0 Å². The topological polar surface area (TPSA) is 99.2 Å². The van der Waals surface area contributed by atoms with Gasteiger partial charge in [0.2, 0.25) is 0 Å². The molecule has 29 heavy (non-hydrogen) atoms. The van der Waals surface area contributed by atoms with Crippen molar-refractivity contribution >= 4 is 29.3 Å². The standard InChI is InChI=1S/C21H27NO7/c1-4-27-20(25)8-6-17(23)15-5-7-18-16(11-15)22(19(24)13-29-18)12-21(26)28-10-9-14(2)3/h5,7,11,14H,4,6,8-10,12-13H2,1-3H3. The Balaban J connectivity index is 2.08. The van der Waals surface area contributed by atoms with Crippen molar-refractivity contribution < 1.29 is 33.4 Å². The molecule has 1 aliphatic rings. The molecule has 0 saturated carbocycles. The summed E-state index contributed by atoms with van der Waals surface area (Å²) in [5.41, 5.74) is 0.661. The number of benzene rings is 1. The zero-order chi connectivity index (χ0) is 21.4. The Morgan fingerprint density at radius 2 is 1.90 bits per heavy atom. The molecular formula is C21H27NO7. The minimum absolute atomic E-state index is 0.0103. The molecule has 8 nitrogen and oxygen atoms in total. The Bertz CT molecular complexity index is 772. The first kappa shape index (κ1) is 22.4. The van der Waals surface area contributed by atoms with Gasteiger partial charge in [-0.2, -0.15) is 0 Å². The maximum absolute atomic E-state index is 12.4. The molecule has 0 atom stereocenters. The van der Waals surface area contributed by atoms with Crippen molar-refractivity contribution in [2.45, 2.75) is 40.0 Å². The smallest absolute Gasteiger partial charge is 0.326 e. The lowest BCUT2D eigenvalue weighted by Gasteiger charge is -2.29. The van der Waals surface area contributed by atoms with Gasteiger partial charge in [0, 0.05) is 12.0 Å². The maximum atomic E-state index is 12.4. The highest BCUT2D eigenvalue weighted by molar-refractivity contribution is 6.04. The van der Waals surface area contributed by atoms with E-state index in [0.29, 0.717) is 22.9 Å². The number of hydrogen-bond acceptors (Lipinski definition) is 7. The van der Waals surface area contributed by atoms with E-state index in [-0.39, 0.29) is 45.0 Å². The molecule has 0 unspecified atom stereocenters. The first-order valence-corrected chi connectivity index (χ1v) is 9.73. The van der Waals surface area contributed by atoms with Crippen LogP contribution >= 0.6 is 0 Å². The van der Waals surface area contributed by atoms with Crippen molar-refractivity contribution in [2.75, 3.05) is 31.3 Å². The number of carbonyl (C=O) groups is 4. The number of amides is 1. The Morgan fingerprint density at radius 3 is 2.59 bits per heavy atom. The third-order valence-electron chi connectivity index (χ3n) is 4.33. The SMILES string of the molecule is CCOC(=O)CCC(=O)c1ccc2c(c1)N(CC(=O)OCCC(C)C)C(=O)CO2. The number of ketones is 1. The third-order valence-corrected chi connectivity index (χ3v) is 4.33. The Labute approximate surface area is 170 Å². The number of nitrogens with zero attached hydrogens (tertiary/aromatic N) is 1. The van der Waals surface area contributed by atoms with Crippen molar-refractivity contribution in [1.82, 2.24) is 0 Å². The predicted octanol–water partition coefficient (Wildman–Crippen LogP) is 2.53. The number of fused-ring (bicyclic) bond motifs is 1. The predicted molar refractivity (Wildman–Crippen MR) is 105 cm³/mol. The molecular weight excluding hydrogens is 378 g/mol. The number of esters is 2. The molecule has 0 spiro atoms. The minimum atomic E-state index is -0.522. The Morgan fingerprint density at radius 1 is 1.14 bits per heavy atom. The molecule has 1 aromatic carbocycles. The molecule has 0 radical (unpaired) electrons. The average Bonchev–Trinajstić information content (AvgIpc) is 2.68. The zero-order valence-corrected chi connectivity index (χ0v) is 17.1. The van der Waals surface area contributed by atoms with Crippen LogP contribution in [0.15, 0.2) is 18.2 Å². The zero-order valence-electron chi connectivity index (χ0n) is 17.1. The lowest BCUT2D eigenvalue weighted by Crippen LogP contribution is -2.42. The van der Waals surface area contributed by atoms with E-state index in [2.05, 4.69) is 0 Å². The van der Waals surface area contributed by atoms with Crippen LogP contribution in [0.25, 0.3) is 0 Å². The van der Waals surface area contributed by atoms with E-state index in [0.717, 1.165) is 6.42 Å². The van der Waals surface area contributed by atoms with Gasteiger partial charge in [-0.05, 0) is 37.5 Å². The molecule has 1 amide bonds. The van der Waals surface area contributed by atoms with E-state index in [1.807, 2.05) is 13.8 Å². The lowest BCUT2D eigenvalue weighted by atomic mass is 10.0. The third kappa shape index (κ3) is 6.58. The fraction of sp³-hybridized carbons (Fsp3) is 0.524. The molecule has 0 saturated heterocycles. The largest absolute Gasteiger partial charge is 0.482 e. The molecule has 158 valence electrons. The second-order valence-corrected chi connectivity index (χ2v) is 7.08. The van der Waals surface area contributed by atoms with Crippen LogP contribution in [0.3, 0.4) is 0 Å². The number of carbonyl (C=O) groups excluding carboxylic acids is 4. The highest BCUT2D eigenvalue weighted by Crippen LogP contribution is 2.33. The van der Waals surface area contributed by atoms with Gasteiger partial charge in [-0.1, -0.05) is 13.8 Å². The fourth-order valence-corrected chi connectivity index (χ4v) is 2.73. The van der Waals surface area contributed by atoms with Gasteiger partial charge in [0.1, 0.15) is 12.3 Å². The number of anilines is 1. The molecule has 0 N–H and O–H groups in total. The molecule has 0 aromatic heterocycles. The highest BCUT2D eigenvalue weighted by Gasteiger charge is 2.29. The first-order valence-electron chi connectivity index (χ1n) is 9.73. The quantitative estimate of drug-likeness (QED) is 0.436. The summed E-state index contributed by atoms with van der Waals surface area (Å²) in [6.45, 7) is 5.84. The van der Waals surface area contributed by atoms with Crippen LogP contribution in [-0.4, -0.2) is 50.0 Å².